The van der Waals surface area contributed by atoms with Gasteiger partial charge in [0.05, 0.1) is 6.04 Å². The molecular formula is C55H102N4O7. The van der Waals surface area contributed by atoms with Crippen LogP contribution in [0.5, 0.6) is 0 Å². The van der Waals surface area contributed by atoms with Crippen molar-refractivity contribution in [3.8, 4) is 0 Å². The highest BCUT2D eigenvalue weighted by Crippen LogP contribution is 2.16. The van der Waals surface area contributed by atoms with Gasteiger partial charge in [0.1, 0.15) is 23.7 Å². The average Bonchev–Trinajstić information content (AvgIpc) is 3.28. The third-order valence-corrected chi connectivity index (χ3v) is 12.9. The Hall–Kier alpha value is -3.11. The Kier molecular flexibility index (Phi) is 43.5. The van der Waals surface area contributed by atoms with Gasteiger partial charge in [-0.3, -0.25) is 24.0 Å². The van der Waals surface area contributed by atoms with Crippen LogP contribution in [0.1, 0.15) is 285 Å². The van der Waals surface area contributed by atoms with Crippen LogP contribution in [0, 0.1) is 0 Å². The van der Waals surface area contributed by atoms with Crippen LogP contribution in [0.15, 0.2) is 0 Å². The van der Waals surface area contributed by atoms with Gasteiger partial charge in [-0.1, -0.05) is 194 Å². The molecule has 0 aromatic rings. The first-order valence-corrected chi connectivity index (χ1v) is 27.6. The van der Waals surface area contributed by atoms with Crippen molar-refractivity contribution in [1.82, 2.24) is 21.3 Å². The molecule has 0 aromatic carbocycles. The lowest BCUT2D eigenvalue weighted by Crippen LogP contribution is -2.51. The second-order valence-corrected chi connectivity index (χ2v) is 19.6. The number of amides is 4. The van der Waals surface area contributed by atoms with Gasteiger partial charge in [-0.15, -0.1) is 0 Å². The van der Waals surface area contributed by atoms with Crippen LogP contribution >= 0.6 is 0 Å². The van der Waals surface area contributed by atoms with E-state index in [9.17, 15) is 33.6 Å². The second-order valence-electron chi connectivity index (χ2n) is 19.6. The zero-order valence-corrected chi connectivity index (χ0v) is 43.4. The number of carbonyl (C=O) groups excluding carboxylic acids is 7. The molecule has 3 atom stereocenters. The fourth-order valence-corrected chi connectivity index (χ4v) is 8.54. The van der Waals surface area contributed by atoms with Gasteiger partial charge >= 0.3 is 0 Å². The van der Waals surface area contributed by atoms with E-state index in [0.717, 1.165) is 38.5 Å². The van der Waals surface area contributed by atoms with Crippen molar-refractivity contribution in [3.05, 3.63) is 0 Å². The van der Waals surface area contributed by atoms with Gasteiger partial charge in [0.15, 0.2) is 5.78 Å². The molecule has 0 radical (unpaired) electrons. The summed E-state index contributed by atoms with van der Waals surface area (Å²) in [5.41, 5.74) is 0. The molecule has 0 aromatic heterocycles. The smallest absolute Gasteiger partial charge is 0.243 e. The lowest BCUT2D eigenvalue weighted by molar-refractivity contribution is -0.131. The topological polar surface area (TPSA) is 168 Å². The third-order valence-electron chi connectivity index (χ3n) is 12.9. The Bertz CT molecular complexity index is 1270. The van der Waals surface area contributed by atoms with Crippen LogP contribution in [0.25, 0.3) is 0 Å². The molecule has 0 spiro atoms. The molecule has 11 nitrogen and oxygen atoms in total. The number of hydrogen-bond donors (Lipinski definition) is 4. The number of Topliss-reactive ketones (excluding diaryl/α,β-unsaturated/α-hetero) is 3. The van der Waals surface area contributed by atoms with Crippen molar-refractivity contribution in [2.24, 2.45) is 0 Å². The summed E-state index contributed by atoms with van der Waals surface area (Å²) in [7, 11) is 0. The summed E-state index contributed by atoms with van der Waals surface area (Å²) in [6.07, 6.45) is 40.0. The minimum Gasteiger partial charge on any atom is -0.354 e. The van der Waals surface area contributed by atoms with Crippen molar-refractivity contribution in [1.29, 1.82) is 0 Å². The van der Waals surface area contributed by atoms with Gasteiger partial charge in [-0.2, -0.15) is 0 Å². The maximum absolute atomic E-state index is 13.4. The largest absolute Gasteiger partial charge is 0.354 e. The molecule has 11 heteroatoms. The standard InChI is InChI=1S/C55H102N4O7/c1-6-8-10-12-14-16-18-20-22-24-26-28-30-32-34-39-52(63)57-50(43-41-46(3)60)54(65)56-45-37-36-38-49(48(5)62)59-55(66)51(44-42-47(4)61)58-53(64)40-35-33-31-29-27-25-23-21-19-17-15-13-11-9-7-2/h49-51H,6-45H2,1-5H3,(H,56,65)(H,57,63)(H,58,64)(H,59,66). The number of unbranched alkanes of at least 4 members (excludes halogenated alkanes) is 29. The fraction of sp³-hybridized carbons (Fsp3) is 0.873. The maximum atomic E-state index is 13.4. The second kappa shape index (κ2) is 45.7. The van der Waals surface area contributed by atoms with Gasteiger partial charge < -0.3 is 30.9 Å². The molecule has 0 heterocycles. The summed E-state index contributed by atoms with van der Waals surface area (Å²) in [6, 6.07) is -2.49. The predicted octanol–water partition coefficient (Wildman–Crippen LogP) is 12.6. The first kappa shape index (κ1) is 62.9. The highest BCUT2D eigenvalue weighted by atomic mass is 16.2. The molecule has 0 saturated heterocycles. The molecule has 0 fully saturated rings. The number of carbonyl (C=O) groups is 7. The van der Waals surface area contributed by atoms with Gasteiger partial charge in [-0.05, 0) is 65.7 Å². The Morgan fingerprint density at radius 3 is 0.955 bits per heavy atom. The molecule has 3 unspecified atom stereocenters. The molecule has 0 aliphatic heterocycles. The summed E-state index contributed by atoms with van der Waals surface area (Å²) in [5, 5.41) is 11.3. The van der Waals surface area contributed by atoms with E-state index in [1.807, 2.05) is 0 Å². The third kappa shape index (κ3) is 41.1. The molecule has 4 amide bonds. The van der Waals surface area contributed by atoms with Crippen LogP contribution in [-0.4, -0.2) is 65.6 Å². The Labute approximate surface area is 404 Å². The molecule has 384 valence electrons. The summed E-state index contributed by atoms with van der Waals surface area (Å²) in [6.45, 7) is 9.15. The zero-order valence-electron chi connectivity index (χ0n) is 43.4. The van der Waals surface area contributed by atoms with Gasteiger partial charge in [-0.25, -0.2) is 0 Å². The van der Waals surface area contributed by atoms with Crippen molar-refractivity contribution in [2.45, 2.75) is 303 Å². The molecule has 66 heavy (non-hydrogen) atoms. The summed E-state index contributed by atoms with van der Waals surface area (Å²) in [5.74, 6) is -1.59. The van der Waals surface area contributed by atoms with E-state index >= 15 is 0 Å². The van der Waals surface area contributed by atoms with Crippen LogP contribution in [0.2, 0.25) is 0 Å². The zero-order chi connectivity index (χ0) is 48.9. The molecule has 4 N–H and O–H groups in total. The van der Waals surface area contributed by atoms with Gasteiger partial charge in [0, 0.05) is 32.2 Å². The van der Waals surface area contributed by atoms with Crippen molar-refractivity contribution < 1.29 is 33.6 Å². The lowest BCUT2D eigenvalue weighted by Gasteiger charge is -2.22. The predicted molar refractivity (Wildman–Crippen MR) is 272 cm³/mol. The van der Waals surface area contributed by atoms with Gasteiger partial charge in [0.2, 0.25) is 23.6 Å². The van der Waals surface area contributed by atoms with Crippen molar-refractivity contribution >= 4 is 41.0 Å². The van der Waals surface area contributed by atoms with Crippen LogP contribution in [0.3, 0.4) is 0 Å². The lowest BCUT2D eigenvalue weighted by atomic mass is 10.0. The molecule has 0 saturated carbocycles. The van der Waals surface area contributed by atoms with E-state index < -0.39 is 24.0 Å². The number of hydrogen-bond acceptors (Lipinski definition) is 7. The van der Waals surface area contributed by atoms with Crippen molar-refractivity contribution in [2.75, 3.05) is 6.54 Å². The SMILES string of the molecule is CCCCCCCCCCCCCCCCCC(=O)NC(CCC(C)=O)C(=O)NCCCCC(NC(=O)C(CCC(C)=O)NC(=O)CCCCCCCCCCCCCCCCC)C(C)=O. The quantitative estimate of drug-likeness (QED) is 0.0440. The Morgan fingerprint density at radius 1 is 0.318 bits per heavy atom. The van der Waals surface area contributed by atoms with E-state index in [-0.39, 0.29) is 60.8 Å². The summed E-state index contributed by atoms with van der Waals surface area (Å²) < 4.78 is 0. The monoisotopic (exact) mass is 931 g/mol. The molecule has 0 aliphatic rings. The minimum absolute atomic E-state index is 0.0508. The Balaban J connectivity index is 4.55. The van der Waals surface area contributed by atoms with Crippen LogP contribution < -0.4 is 21.3 Å². The van der Waals surface area contributed by atoms with Gasteiger partial charge in [0.25, 0.3) is 0 Å². The number of ketones is 3. The van der Waals surface area contributed by atoms with E-state index in [4.69, 9.17) is 0 Å². The minimum atomic E-state index is -0.916. The van der Waals surface area contributed by atoms with Crippen molar-refractivity contribution in [3.63, 3.8) is 0 Å². The summed E-state index contributed by atoms with van der Waals surface area (Å²) in [4.78, 5) is 88.3. The highest BCUT2D eigenvalue weighted by Gasteiger charge is 2.26. The normalized spacial score (nSPS) is 12.6. The molecule has 0 bridgehead atoms. The maximum Gasteiger partial charge on any atom is 0.243 e. The van der Waals surface area contributed by atoms with E-state index in [2.05, 4.69) is 35.1 Å². The van der Waals surface area contributed by atoms with E-state index in [0.29, 0.717) is 38.6 Å². The van der Waals surface area contributed by atoms with E-state index in [1.54, 1.807) is 0 Å². The van der Waals surface area contributed by atoms with Crippen LogP contribution in [0.4, 0.5) is 0 Å². The average molecular weight is 931 g/mol. The first-order chi connectivity index (χ1) is 31.9. The Morgan fingerprint density at radius 2 is 0.636 bits per heavy atom. The van der Waals surface area contributed by atoms with E-state index in [1.165, 1.54) is 175 Å². The summed E-state index contributed by atoms with van der Waals surface area (Å²) >= 11 is 0. The highest BCUT2D eigenvalue weighted by molar-refractivity contribution is 5.92. The van der Waals surface area contributed by atoms with Crippen LogP contribution in [-0.2, 0) is 33.6 Å². The molecular weight excluding hydrogens is 829 g/mol. The number of nitrogens with one attached hydrogen (secondary N) is 4. The molecule has 0 aliphatic carbocycles. The number of rotatable bonds is 49. The fourth-order valence-electron chi connectivity index (χ4n) is 8.54. The first-order valence-electron chi connectivity index (χ1n) is 27.6. The molecule has 0 rings (SSSR count).